The quantitative estimate of drug-likeness (QED) is 0.156. The van der Waals surface area contributed by atoms with Gasteiger partial charge in [0.15, 0.2) is 0 Å². The van der Waals surface area contributed by atoms with Gasteiger partial charge in [-0.3, -0.25) is 0 Å². The minimum atomic E-state index is -0.890. The van der Waals surface area contributed by atoms with Crippen LogP contribution in [-0.4, -0.2) is 0 Å². The average Bonchev–Trinajstić information content (AvgIpc) is 1.53. The van der Waals surface area contributed by atoms with Crippen molar-refractivity contribution in [3.05, 3.63) is 344 Å². The summed E-state index contributed by atoms with van der Waals surface area (Å²) in [4.78, 5) is 0. The molecule has 0 heteroatoms. The highest BCUT2D eigenvalue weighted by Gasteiger charge is 2.52. The number of benzene rings is 13. The van der Waals surface area contributed by atoms with E-state index >= 15 is 0 Å². The lowest BCUT2D eigenvalue weighted by Gasteiger charge is -2.36. The maximum absolute atomic E-state index is 2.66. The summed E-state index contributed by atoms with van der Waals surface area (Å²) >= 11 is 0. The molecule has 0 saturated heterocycles. The van der Waals surface area contributed by atoms with Gasteiger partial charge in [-0.1, -0.05) is 299 Å². The molecule has 0 atom stereocenters. The fourth-order valence-corrected chi connectivity index (χ4v) is 19.8. The summed E-state index contributed by atoms with van der Waals surface area (Å²) in [6.45, 7) is 26.6. The molecule has 0 fully saturated rings. The first-order chi connectivity index (χ1) is 45.8. The van der Waals surface area contributed by atoms with Gasteiger partial charge < -0.3 is 0 Å². The highest BCUT2D eigenvalue weighted by atomic mass is 14.5. The molecule has 0 amide bonds. The summed E-state index contributed by atoms with van der Waals surface area (Å²) in [5.74, 6) is 0. The summed E-state index contributed by atoms with van der Waals surface area (Å²) in [5, 5.41) is 0. The van der Waals surface area contributed by atoms with Crippen molar-refractivity contribution in [2.24, 2.45) is 0 Å². The Labute approximate surface area is 560 Å². The lowest BCUT2D eigenvalue weighted by Crippen LogP contribution is -2.29. The lowest BCUT2D eigenvalue weighted by molar-refractivity contribution is 0.659. The van der Waals surface area contributed by atoms with E-state index in [1.807, 2.05) is 0 Å². The first-order valence-electron chi connectivity index (χ1n) is 34.5. The zero-order chi connectivity index (χ0) is 64.6. The molecule has 0 aliphatic heterocycles. The van der Waals surface area contributed by atoms with Gasteiger partial charge in [0.2, 0.25) is 0 Å². The first kappa shape index (κ1) is 56.4. The summed E-state index contributed by atoms with van der Waals surface area (Å²) in [7, 11) is 0. The van der Waals surface area contributed by atoms with Gasteiger partial charge in [-0.15, -0.1) is 0 Å². The Hall–Kier alpha value is -10.1. The van der Waals surface area contributed by atoms with Gasteiger partial charge in [0.25, 0.3) is 0 Å². The van der Waals surface area contributed by atoms with E-state index in [2.05, 4.69) is 337 Å². The molecule has 95 heavy (non-hydrogen) atoms. The van der Waals surface area contributed by atoms with Crippen LogP contribution in [0.1, 0.15) is 153 Å². The van der Waals surface area contributed by atoms with Gasteiger partial charge >= 0.3 is 0 Å². The molecule has 0 bridgehead atoms. The Morgan fingerprint density at radius 1 is 0.179 bits per heavy atom. The number of aryl methyl sites for hydroxylation is 1. The standard InChI is InChI=1S/C95H76/c1-55-44-45-77-71(48-55)89-83(47-46-82-88(89)70-30-16-21-39-76(70)94(82,10)11)95(77,60-51-56(62-31-22-40-78-84(62)66-26-12-17-35-72(66)90(78,2)3)49-57(52-60)63-32-23-41-79-85(63)67-27-13-18-36-73(67)91(79,4)5)61-53-58(64-33-24-42-80-86(64)68-28-14-19-37-74(68)92(80,6)7)50-59(54-61)65-34-25-43-81-87(65)69-29-15-20-38-75(69)93(81,8)9/h12-54H,1-11H3. The first-order valence-corrected chi connectivity index (χ1v) is 34.5. The maximum atomic E-state index is 2.66. The minimum Gasteiger partial charge on any atom is -0.0619 e. The second-order valence-corrected chi connectivity index (χ2v) is 31.1. The molecule has 0 aromatic heterocycles. The molecule has 0 nitrogen and oxygen atoms in total. The van der Waals surface area contributed by atoms with Crippen LogP contribution < -0.4 is 0 Å². The summed E-state index contributed by atoms with van der Waals surface area (Å²) in [6.07, 6.45) is 0. The Morgan fingerprint density at radius 3 is 0.747 bits per heavy atom. The Bertz CT molecular complexity index is 5070. The van der Waals surface area contributed by atoms with Crippen LogP contribution in [0.5, 0.6) is 0 Å². The SMILES string of the molecule is Cc1ccc2c(c1)-c1c(ccc3c1-c1ccccc1C3(C)C)C2(c1cc(-c2cccc3c2-c2ccccc2C3(C)C)cc(-c2cccc3c2-c2ccccc2C3(C)C)c1)c1cc(-c2cccc3c2-c2ccccc2C3(C)C)cc(-c2cccc3c2-c2ccccc2C3(C)C)c1. The summed E-state index contributed by atoms with van der Waals surface area (Å²) in [5.41, 5.74) is 44.2. The maximum Gasteiger partial charge on any atom is 0.0714 e. The molecule has 0 spiro atoms. The van der Waals surface area contributed by atoms with Crippen LogP contribution in [0.2, 0.25) is 0 Å². The third-order valence-electron chi connectivity index (χ3n) is 24.4. The Morgan fingerprint density at radius 2 is 0.421 bits per heavy atom. The van der Waals surface area contributed by atoms with Crippen molar-refractivity contribution in [1.82, 2.24) is 0 Å². The smallest absolute Gasteiger partial charge is 0.0619 e. The van der Waals surface area contributed by atoms with Crippen molar-refractivity contribution < 1.29 is 0 Å². The van der Waals surface area contributed by atoms with Crippen molar-refractivity contribution >= 4 is 0 Å². The molecule has 6 aliphatic rings. The van der Waals surface area contributed by atoms with Crippen LogP contribution >= 0.6 is 0 Å². The van der Waals surface area contributed by atoms with E-state index < -0.39 is 5.41 Å². The van der Waals surface area contributed by atoms with Crippen LogP contribution in [0.3, 0.4) is 0 Å². The predicted octanol–water partition coefficient (Wildman–Crippen LogP) is 24.6. The number of fused-ring (bicyclic) bond motifs is 19. The Balaban J connectivity index is 1.01. The predicted molar refractivity (Wildman–Crippen MR) is 398 cm³/mol. The van der Waals surface area contributed by atoms with Gasteiger partial charge in [0, 0.05) is 27.1 Å². The number of hydrogen-bond acceptors (Lipinski definition) is 0. The fourth-order valence-electron chi connectivity index (χ4n) is 19.8. The topological polar surface area (TPSA) is 0 Å². The molecule has 13 aromatic rings. The van der Waals surface area contributed by atoms with Crippen LogP contribution in [0.15, 0.2) is 261 Å². The summed E-state index contributed by atoms with van der Waals surface area (Å²) < 4.78 is 0. The molecular weight excluding hydrogens is 1140 g/mol. The van der Waals surface area contributed by atoms with Crippen molar-refractivity contribution in [2.75, 3.05) is 0 Å². The van der Waals surface area contributed by atoms with Gasteiger partial charge in [-0.25, -0.2) is 0 Å². The molecule has 0 N–H and O–H groups in total. The van der Waals surface area contributed by atoms with Gasteiger partial charge in [0.05, 0.1) is 5.41 Å². The molecule has 0 unspecified atom stereocenters. The largest absolute Gasteiger partial charge is 0.0714 e. The highest BCUT2D eigenvalue weighted by Crippen LogP contribution is 2.66. The zero-order valence-corrected chi connectivity index (χ0v) is 56.3. The number of hydrogen-bond donors (Lipinski definition) is 0. The normalized spacial score (nSPS) is 16.7. The molecule has 0 radical (unpaired) electrons. The molecule has 19 rings (SSSR count). The molecular formula is C95H76. The molecule has 456 valence electrons. The fraction of sp³-hybridized carbons (Fsp3) is 0.179. The van der Waals surface area contributed by atoms with E-state index in [-0.39, 0.29) is 27.1 Å². The van der Waals surface area contributed by atoms with Crippen LogP contribution in [0, 0.1) is 6.92 Å². The minimum absolute atomic E-state index is 0.192. The third-order valence-corrected chi connectivity index (χ3v) is 24.4. The van der Waals surface area contributed by atoms with Crippen molar-refractivity contribution in [3.8, 4) is 111 Å². The molecule has 0 saturated carbocycles. The van der Waals surface area contributed by atoms with Gasteiger partial charge in [-0.2, -0.15) is 0 Å². The van der Waals surface area contributed by atoms with Crippen LogP contribution in [-0.2, 0) is 32.5 Å². The molecule has 13 aromatic carbocycles. The van der Waals surface area contributed by atoms with Crippen molar-refractivity contribution in [1.29, 1.82) is 0 Å². The van der Waals surface area contributed by atoms with E-state index in [1.54, 1.807) is 0 Å². The van der Waals surface area contributed by atoms with E-state index in [0.29, 0.717) is 0 Å². The molecule has 0 heterocycles. The average molecular weight is 1220 g/mol. The third kappa shape index (κ3) is 7.23. The van der Waals surface area contributed by atoms with Gasteiger partial charge in [-0.05, 0) is 232 Å². The zero-order valence-electron chi connectivity index (χ0n) is 56.3. The second kappa shape index (κ2) is 19.0. The highest BCUT2D eigenvalue weighted by molar-refractivity contribution is 6.04. The van der Waals surface area contributed by atoms with E-state index in [1.165, 1.54) is 195 Å². The van der Waals surface area contributed by atoms with E-state index in [0.717, 1.165) is 0 Å². The lowest BCUT2D eigenvalue weighted by atomic mass is 9.65. The second-order valence-electron chi connectivity index (χ2n) is 31.1. The van der Waals surface area contributed by atoms with E-state index in [4.69, 9.17) is 0 Å². The van der Waals surface area contributed by atoms with Crippen molar-refractivity contribution in [2.45, 2.75) is 109 Å². The van der Waals surface area contributed by atoms with Crippen molar-refractivity contribution in [3.63, 3.8) is 0 Å². The van der Waals surface area contributed by atoms with Crippen LogP contribution in [0.25, 0.3) is 111 Å². The molecule has 6 aliphatic carbocycles. The summed E-state index contributed by atoms with van der Waals surface area (Å²) in [6, 6.07) is 103. The van der Waals surface area contributed by atoms with Gasteiger partial charge in [0.1, 0.15) is 0 Å². The number of rotatable bonds is 6. The monoisotopic (exact) mass is 1220 g/mol. The van der Waals surface area contributed by atoms with E-state index in [9.17, 15) is 0 Å². The Kier molecular flexibility index (Phi) is 11.3. The van der Waals surface area contributed by atoms with Crippen LogP contribution in [0.4, 0.5) is 0 Å².